The summed E-state index contributed by atoms with van der Waals surface area (Å²) in [6.45, 7) is 3.40. The van der Waals surface area contributed by atoms with Crippen LogP contribution in [-0.2, 0) is 11.3 Å². The number of nitrogens with two attached hydrogens (primary N) is 2. The Labute approximate surface area is 139 Å². The van der Waals surface area contributed by atoms with Gasteiger partial charge in [0.15, 0.2) is 0 Å². The number of nitrogens with zero attached hydrogens (tertiary/aromatic N) is 3. The minimum absolute atomic E-state index is 0.0846. The molecule has 0 saturated carbocycles. The third-order valence-electron chi connectivity index (χ3n) is 3.46. The predicted octanol–water partition coefficient (Wildman–Crippen LogP) is 0.133. The van der Waals surface area contributed by atoms with Crippen molar-refractivity contribution in [1.82, 2.24) is 10.2 Å². The van der Waals surface area contributed by atoms with Crippen molar-refractivity contribution >= 4 is 24.1 Å². The van der Waals surface area contributed by atoms with E-state index < -0.39 is 11.6 Å². The van der Waals surface area contributed by atoms with E-state index in [4.69, 9.17) is 16.2 Å². The number of carbonyl (C=O) groups excluding carboxylic acids is 2. The number of nitrogens with one attached hydrogen (secondary N) is 1. The van der Waals surface area contributed by atoms with Crippen molar-refractivity contribution in [3.05, 3.63) is 29.3 Å². The van der Waals surface area contributed by atoms with Crippen molar-refractivity contribution in [2.45, 2.75) is 25.9 Å². The van der Waals surface area contributed by atoms with Gasteiger partial charge in [-0.1, -0.05) is 0 Å². The number of hydrogen-bond acceptors (Lipinski definition) is 5. The minimum atomic E-state index is -0.920. The zero-order valence-electron chi connectivity index (χ0n) is 13.7. The zero-order valence-corrected chi connectivity index (χ0v) is 13.7. The molecule has 9 heteroatoms. The Morgan fingerprint density at radius 1 is 1.38 bits per heavy atom. The van der Waals surface area contributed by atoms with E-state index in [1.807, 2.05) is 0 Å². The second-order valence-corrected chi connectivity index (χ2v) is 5.79. The summed E-state index contributed by atoms with van der Waals surface area (Å²) in [5.41, 5.74) is 10.8. The first-order valence-corrected chi connectivity index (χ1v) is 7.17. The monoisotopic (exact) mass is 332 g/mol. The van der Waals surface area contributed by atoms with Gasteiger partial charge in [-0.25, -0.2) is 4.79 Å². The Morgan fingerprint density at radius 3 is 2.62 bits per heavy atom. The lowest BCUT2D eigenvalue weighted by Gasteiger charge is -2.17. The number of imide groups is 1. The molecule has 0 atom stereocenters. The number of benzene rings is 1. The van der Waals surface area contributed by atoms with Crippen LogP contribution < -0.4 is 21.5 Å². The molecule has 0 spiro atoms. The van der Waals surface area contributed by atoms with Crippen LogP contribution in [0.15, 0.2) is 28.4 Å². The maximum Gasteiger partial charge on any atom is 0.325 e. The van der Waals surface area contributed by atoms with Gasteiger partial charge in [0, 0.05) is 5.56 Å². The van der Waals surface area contributed by atoms with Gasteiger partial charge in [0.1, 0.15) is 11.3 Å². The third kappa shape index (κ3) is 3.62. The number of guanidine groups is 1. The van der Waals surface area contributed by atoms with Crippen LogP contribution in [0.2, 0.25) is 0 Å². The highest BCUT2D eigenvalue weighted by atomic mass is 16.5. The molecular formula is C15H20N6O3. The van der Waals surface area contributed by atoms with Crippen LogP contribution in [0.25, 0.3) is 0 Å². The Morgan fingerprint density at radius 2 is 2.08 bits per heavy atom. The van der Waals surface area contributed by atoms with E-state index >= 15 is 0 Å². The highest BCUT2D eigenvalue weighted by molar-refractivity contribution is 6.06. The van der Waals surface area contributed by atoms with Crippen LogP contribution in [0.1, 0.15) is 25.0 Å². The molecule has 2 rings (SSSR count). The Hall–Kier alpha value is -3.10. The quantitative estimate of drug-likeness (QED) is 0.305. The van der Waals surface area contributed by atoms with Gasteiger partial charge in [-0.05, 0) is 37.6 Å². The summed E-state index contributed by atoms with van der Waals surface area (Å²) >= 11 is 0. The Kier molecular flexibility index (Phi) is 4.72. The van der Waals surface area contributed by atoms with Crippen LogP contribution in [0.4, 0.5) is 4.79 Å². The second kappa shape index (κ2) is 6.57. The van der Waals surface area contributed by atoms with Gasteiger partial charge in [0.25, 0.3) is 5.91 Å². The molecule has 1 aliphatic heterocycles. The molecular weight excluding hydrogens is 312 g/mol. The molecule has 1 aromatic carbocycles. The minimum Gasteiger partial charge on any atom is -0.496 e. The molecule has 1 aliphatic rings. The summed E-state index contributed by atoms with van der Waals surface area (Å²) in [7, 11) is 1.52. The van der Waals surface area contributed by atoms with Crippen LogP contribution in [-0.4, -0.2) is 41.7 Å². The van der Waals surface area contributed by atoms with Gasteiger partial charge in [-0.15, -0.1) is 5.10 Å². The highest BCUT2D eigenvalue weighted by Crippen LogP contribution is 2.25. The normalized spacial score (nSPS) is 16.4. The van der Waals surface area contributed by atoms with Crippen molar-refractivity contribution in [2.75, 3.05) is 7.11 Å². The number of ether oxygens (including phenoxy) is 1. The fourth-order valence-corrected chi connectivity index (χ4v) is 2.30. The Balaban J connectivity index is 2.28. The van der Waals surface area contributed by atoms with E-state index in [0.717, 1.165) is 4.90 Å². The van der Waals surface area contributed by atoms with Gasteiger partial charge in [0.05, 0.1) is 19.9 Å². The van der Waals surface area contributed by atoms with Crippen LogP contribution in [0.5, 0.6) is 5.75 Å². The standard InChI is InChI=1S/C15H20N6O3/c1-15(2)12(22)21(14(23)19-15)8-10-6-9(4-5-11(10)24-3)7-18-20-13(16)17/h4-7H,8H2,1-3H3,(H,19,23)(H4,16,17,20). The molecule has 24 heavy (non-hydrogen) atoms. The molecule has 0 aromatic heterocycles. The van der Waals surface area contributed by atoms with Crippen molar-refractivity contribution in [1.29, 1.82) is 0 Å². The van der Waals surface area contributed by atoms with Crippen LogP contribution in [0, 0.1) is 0 Å². The molecule has 0 unspecified atom stereocenters. The first kappa shape index (κ1) is 17.3. The summed E-state index contributed by atoms with van der Waals surface area (Å²) < 4.78 is 5.29. The van der Waals surface area contributed by atoms with E-state index in [0.29, 0.717) is 16.9 Å². The molecule has 1 aromatic rings. The smallest absolute Gasteiger partial charge is 0.325 e. The molecule has 3 amide bonds. The third-order valence-corrected chi connectivity index (χ3v) is 3.46. The van der Waals surface area contributed by atoms with Crippen molar-refractivity contribution < 1.29 is 14.3 Å². The topological polar surface area (TPSA) is 135 Å². The van der Waals surface area contributed by atoms with E-state index in [-0.39, 0.29) is 18.4 Å². The predicted molar refractivity (Wildman–Crippen MR) is 89.6 cm³/mol. The van der Waals surface area contributed by atoms with E-state index in [2.05, 4.69) is 15.5 Å². The fraction of sp³-hybridized carbons (Fsp3) is 0.333. The van der Waals surface area contributed by atoms with Crippen molar-refractivity contribution in [3.8, 4) is 5.75 Å². The largest absolute Gasteiger partial charge is 0.496 e. The number of amides is 3. The zero-order chi connectivity index (χ0) is 17.9. The molecule has 9 nitrogen and oxygen atoms in total. The number of rotatable bonds is 5. The summed E-state index contributed by atoms with van der Waals surface area (Å²) in [6, 6.07) is 4.78. The first-order valence-electron chi connectivity index (χ1n) is 7.17. The molecule has 128 valence electrons. The van der Waals surface area contributed by atoms with E-state index in [9.17, 15) is 9.59 Å². The van der Waals surface area contributed by atoms with Crippen molar-refractivity contribution in [3.63, 3.8) is 0 Å². The van der Waals surface area contributed by atoms with Gasteiger partial charge in [-0.2, -0.15) is 5.10 Å². The number of urea groups is 1. The summed E-state index contributed by atoms with van der Waals surface area (Å²) in [5.74, 6) is 0.106. The highest BCUT2D eigenvalue weighted by Gasteiger charge is 2.44. The maximum absolute atomic E-state index is 12.3. The number of carbonyl (C=O) groups is 2. The molecule has 1 fully saturated rings. The molecule has 0 aliphatic carbocycles. The number of methoxy groups -OCH3 is 1. The van der Waals surface area contributed by atoms with E-state index in [1.54, 1.807) is 32.0 Å². The van der Waals surface area contributed by atoms with Gasteiger partial charge in [-0.3, -0.25) is 9.69 Å². The first-order chi connectivity index (χ1) is 11.2. The average molecular weight is 332 g/mol. The van der Waals surface area contributed by atoms with Gasteiger partial charge >= 0.3 is 6.03 Å². The van der Waals surface area contributed by atoms with Crippen molar-refractivity contribution in [2.24, 2.45) is 21.7 Å². The lowest BCUT2D eigenvalue weighted by Crippen LogP contribution is -2.40. The van der Waals surface area contributed by atoms with E-state index in [1.165, 1.54) is 13.3 Å². The van der Waals surface area contributed by atoms with Crippen LogP contribution in [0.3, 0.4) is 0 Å². The maximum atomic E-state index is 12.3. The second-order valence-electron chi connectivity index (χ2n) is 5.79. The average Bonchev–Trinajstić information content (AvgIpc) is 2.69. The lowest BCUT2D eigenvalue weighted by atomic mass is 10.1. The molecule has 1 heterocycles. The summed E-state index contributed by atoms with van der Waals surface area (Å²) in [4.78, 5) is 25.5. The lowest BCUT2D eigenvalue weighted by molar-refractivity contribution is -0.130. The fourth-order valence-electron chi connectivity index (χ4n) is 2.30. The molecule has 0 radical (unpaired) electrons. The van der Waals surface area contributed by atoms with Gasteiger partial charge in [0.2, 0.25) is 5.96 Å². The summed E-state index contributed by atoms with van der Waals surface area (Å²) in [5, 5.41) is 9.89. The molecule has 1 saturated heterocycles. The number of hydrogen-bond donors (Lipinski definition) is 3. The van der Waals surface area contributed by atoms with Gasteiger partial charge < -0.3 is 21.5 Å². The summed E-state index contributed by atoms with van der Waals surface area (Å²) in [6.07, 6.45) is 1.46. The SMILES string of the molecule is COc1ccc(C=NN=C(N)N)cc1CN1C(=O)NC(C)(C)C1=O. The molecule has 5 N–H and O–H groups in total. The van der Waals surface area contributed by atoms with Crippen LogP contribution >= 0.6 is 0 Å². The molecule has 0 bridgehead atoms. The Bertz CT molecular complexity index is 722.